The summed E-state index contributed by atoms with van der Waals surface area (Å²) in [5.41, 5.74) is 2.22. The number of hydrogen-bond donors (Lipinski definition) is 2. The number of aliphatic hydroxyl groups excluding tert-OH is 1. The van der Waals surface area contributed by atoms with Crippen LogP contribution in [0.4, 0.5) is 0 Å². The maximum absolute atomic E-state index is 10.1. The van der Waals surface area contributed by atoms with Gasteiger partial charge in [-0.3, -0.25) is 0 Å². The molecule has 86 valence electrons. The largest absolute Gasteiger partial charge is 0.388 e. The van der Waals surface area contributed by atoms with Crippen molar-refractivity contribution in [2.24, 2.45) is 0 Å². The van der Waals surface area contributed by atoms with Gasteiger partial charge in [-0.2, -0.15) is 0 Å². The number of allylic oxidation sites excluding steroid dienone is 2. The van der Waals surface area contributed by atoms with Crippen LogP contribution in [-0.2, 0) is 0 Å². The molecule has 0 fully saturated rings. The predicted octanol–water partition coefficient (Wildman–Crippen LogP) is 3.02. The molecule has 1 aliphatic rings. The van der Waals surface area contributed by atoms with Gasteiger partial charge in [0.1, 0.15) is 0 Å². The lowest BCUT2D eigenvalue weighted by molar-refractivity contribution is 0.164. The van der Waals surface area contributed by atoms with Gasteiger partial charge in [-0.1, -0.05) is 30.3 Å². The quantitative estimate of drug-likeness (QED) is 0.844. The van der Waals surface area contributed by atoms with Crippen molar-refractivity contribution < 1.29 is 5.11 Å². The number of rotatable bonds is 3. The smallest absolute Gasteiger partial charge is 0.0818 e. The standard InChI is InChI=1S/C13H17NOS/c1-9-10(2)16-13(14-9)8-12(15)11-6-4-3-5-7-11/h3-7,12-15H,8H2,1-2H3. The Labute approximate surface area is 101 Å². The SMILES string of the molecule is CC1=C(C)SC(CC(O)c2ccccc2)N1. The van der Waals surface area contributed by atoms with Crippen molar-refractivity contribution in [3.8, 4) is 0 Å². The minimum Gasteiger partial charge on any atom is -0.388 e. The Morgan fingerprint density at radius 2 is 2.00 bits per heavy atom. The van der Waals surface area contributed by atoms with Crippen molar-refractivity contribution in [2.45, 2.75) is 31.7 Å². The first-order chi connectivity index (χ1) is 7.66. The molecule has 0 spiro atoms. The Kier molecular flexibility index (Phi) is 3.56. The number of aliphatic hydroxyl groups is 1. The highest BCUT2D eigenvalue weighted by molar-refractivity contribution is 8.03. The molecule has 0 saturated carbocycles. The Bertz CT molecular complexity index is 374. The van der Waals surface area contributed by atoms with Gasteiger partial charge in [-0.05, 0) is 19.4 Å². The van der Waals surface area contributed by atoms with E-state index in [4.69, 9.17) is 0 Å². The second kappa shape index (κ2) is 4.93. The van der Waals surface area contributed by atoms with Crippen LogP contribution in [0.3, 0.4) is 0 Å². The second-order valence-electron chi connectivity index (χ2n) is 4.09. The zero-order valence-electron chi connectivity index (χ0n) is 9.60. The highest BCUT2D eigenvalue weighted by Crippen LogP contribution is 2.34. The summed E-state index contributed by atoms with van der Waals surface area (Å²) < 4.78 is 0. The lowest BCUT2D eigenvalue weighted by Crippen LogP contribution is -2.21. The van der Waals surface area contributed by atoms with Crippen molar-refractivity contribution >= 4 is 11.8 Å². The summed E-state index contributed by atoms with van der Waals surface area (Å²) in [5, 5.41) is 13.8. The van der Waals surface area contributed by atoms with Gasteiger partial charge in [-0.25, -0.2) is 0 Å². The molecule has 1 heterocycles. The highest BCUT2D eigenvalue weighted by Gasteiger charge is 2.22. The van der Waals surface area contributed by atoms with Crippen LogP contribution < -0.4 is 5.32 Å². The van der Waals surface area contributed by atoms with Gasteiger partial charge in [-0.15, -0.1) is 11.8 Å². The van der Waals surface area contributed by atoms with E-state index in [0.29, 0.717) is 5.37 Å². The van der Waals surface area contributed by atoms with Crippen LogP contribution in [0.5, 0.6) is 0 Å². The van der Waals surface area contributed by atoms with E-state index < -0.39 is 0 Å². The van der Waals surface area contributed by atoms with Crippen molar-refractivity contribution in [1.29, 1.82) is 0 Å². The topological polar surface area (TPSA) is 32.3 Å². The van der Waals surface area contributed by atoms with Crippen molar-refractivity contribution in [3.63, 3.8) is 0 Å². The summed E-state index contributed by atoms with van der Waals surface area (Å²) in [5.74, 6) is 0. The molecule has 1 aromatic carbocycles. The molecule has 0 radical (unpaired) electrons. The molecule has 2 rings (SSSR count). The zero-order valence-corrected chi connectivity index (χ0v) is 10.4. The van der Waals surface area contributed by atoms with Crippen LogP contribution in [0.25, 0.3) is 0 Å². The van der Waals surface area contributed by atoms with Crippen LogP contribution in [0, 0.1) is 0 Å². The van der Waals surface area contributed by atoms with Crippen molar-refractivity contribution in [1.82, 2.24) is 5.32 Å². The molecule has 0 aromatic heterocycles. The van der Waals surface area contributed by atoms with Gasteiger partial charge in [0.05, 0.1) is 11.5 Å². The molecule has 2 unspecified atom stereocenters. The number of benzene rings is 1. The highest BCUT2D eigenvalue weighted by atomic mass is 32.2. The fourth-order valence-corrected chi connectivity index (χ4v) is 2.97. The van der Waals surface area contributed by atoms with Gasteiger partial charge < -0.3 is 10.4 Å². The van der Waals surface area contributed by atoms with E-state index in [0.717, 1.165) is 12.0 Å². The van der Waals surface area contributed by atoms with E-state index in [1.54, 1.807) is 11.8 Å². The van der Waals surface area contributed by atoms with Gasteiger partial charge in [0.15, 0.2) is 0 Å². The monoisotopic (exact) mass is 235 g/mol. The maximum atomic E-state index is 10.1. The number of hydrogen-bond acceptors (Lipinski definition) is 3. The number of thioether (sulfide) groups is 1. The summed E-state index contributed by atoms with van der Waals surface area (Å²) in [7, 11) is 0. The predicted molar refractivity (Wildman–Crippen MR) is 68.9 cm³/mol. The van der Waals surface area contributed by atoms with E-state index in [-0.39, 0.29) is 6.10 Å². The Hall–Kier alpha value is -0.930. The molecule has 2 nitrogen and oxygen atoms in total. The summed E-state index contributed by atoms with van der Waals surface area (Å²) in [6.45, 7) is 4.19. The minimum atomic E-state index is -0.384. The Balaban J connectivity index is 1.93. The summed E-state index contributed by atoms with van der Waals surface area (Å²) in [4.78, 5) is 1.32. The molecule has 0 amide bonds. The molecule has 1 aromatic rings. The van der Waals surface area contributed by atoms with Crippen molar-refractivity contribution in [2.75, 3.05) is 0 Å². The minimum absolute atomic E-state index is 0.301. The van der Waals surface area contributed by atoms with E-state index in [9.17, 15) is 5.11 Å². The van der Waals surface area contributed by atoms with Crippen LogP contribution in [-0.4, -0.2) is 10.5 Å². The second-order valence-corrected chi connectivity index (χ2v) is 5.51. The molecule has 16 heavy (non-hydrogen) atoms. The van der Waals surface area contributed by atoms with Crippen LogP contribution in [0.2, 0.25) is 0 Å². The first kappa shape index (κ1) is 11.6. The summed E-state index contributed by atoms with van der Waals surface area (Å²) >= 11 is 1.81. The molecule has 2 atom stereocenters. The average molecular weight is 235 g/mol. The lowest BCUT2D eigenvalue weighted by Gasteiger charge is -2.16. The van der Waals surface area contributed by atoms with Crippen molar-refractivity contribution in [3.05, 3.63) is 46.5 Å². The van der Waals surface area contributed by atoms with Gasteiger partial charge >= 0.3 is 0 Å². The lowest BCUT2D eigenvalue weighted by atomic mass is 10.1. The van der Waals surface area contributed by atoms with Crippen LogP contribution >= 0.6 is 11.8 Å². The Morgan fingerprint density at radius 3 is 2.56 bits per heavy atom. The third-order valence-corrected chi connectivity index (χ3v) is 4.10. The molecule has 0 bridgehead atoms. The molecular weight excluding hydrogens is 218 g/mol. The summed E-state index contributed by atoms with van der Waals surface area (Å²) in [6.07, 6.45) is 0.355. The van der Waals surface area contributed by atoms with Gasteiger partial charge in [0.2, 0.25) is 0 Å². The molecule has 1 aliphatic heterocycles. The fourth-order valence-electron chi connectivity index (χ4n) is 1.80. The fraction of sp³-hybridized carbons (Fsp3) is 0.385. The average Bonchev–Trinajstić information content (AvgIpc) is 2.59. The van der Waals surface area contributed by atoms with Gasteiger partial charge in [0, 0.05) is 17.0 Å². The molecular formula is C13H17NOS. The molecule has 3 heteroatoms. The molecule has 2 N–H and O–H groups in total. The normalized spacial score (nSPS) is 22.1. The van der Waals surface area contributed by atoms with E-state index in [1.807, 2.05) is 30.3 Å². The molecule has 0 saturated heterocycles. The van der Waals surface area contributed by atoms with E-state index >= 15 is 0 Å². The third-order valence-electron chi connectivity index (χ3n) is 2.85. The van der Waals surface area contributed by atoms with E-state index in [1.165, 1.54) is 10.6 Å². The van der Waals surface area contributed by atoms with Crippen LogP contribution in [0.1, 0.15) is 31.9 Å². The molecule has 0 aliphatic carbocycles. The zero-order chi connectivity index (χ0) is 11.5. The maximum Gasteiger partial charge on any atom is 0.0818 e. The van der Waals surface area contributed by atoms with Gasteiger partial charge in [0.25, 0.3) is 0 Å². The Morgan fingerprint density at radius 1 is 1.31 bits per heavy atom. The first-order valence-corrected chi connectivity index (χ1v) is 6.38. The first-order valence-electron chi connectivity index (χ1n) is 5.50. The van der Waals surface area contributed by atoms with Crippen LogP contribution in [0.15, 0.2) is 40.9 Å². The number of nitrogens with one attached hydrogen (secondary N) is 1. The third kappa shape index (κ3) is 2.60. The summed E-state index contributed by atoms with van der Waals surface area (Å²) in [6, 6.07) is 9.83. The van der Waals surface area contributed by atoms with E-state index in [2.05, 4.69) is 19.2 Å².